The van der Waals surface area contributed by atoms with Crippen LogP contribution in [-0.4, -0.2) is 88.2 Å². The monoisotopic (exact) mass is 677 g/mol. The van der Waals surface area contributed by atoms with Gasteiger partial charge in [-0.15, -0.1) is 0 Å². The molecule has 3 saturated heterocycles. The molecule has 0 unspecified atom stereocenters. The Hall–Kier alpha value is -4.18. The zero-order valence-electron chi connectivity index (χ0n) is 24.9. The van der Waals surface area contributed by atoms with Crippen molar-refractivity contribution in [1.29, 1.82) is 0 Å². The van der Waals surface area contributed by atoms with Gasteiger partial charge in [-0.1, -0.05) is 17.9 Å². The van der Waals surface area contributed by atoms with Crippen LogP contribution in [0.4, 0.5) is 37.3 Å². The maximum Gasteiger partial charge on any atom is 0.417 e. The van der Waals surface area contributed by atoms with E-state index in [1.807, 2.05) is 4.90 Å². The lowest BCUT2D eigenvalue weighted by atomic mass is 9.95. The molecule has 2 atom stereocenters. The number of nitrogens with zero attached hydrogens (tertiary/aromatic N) is 6. The summed E-state index contributed by atoms with van der Waals surface area (Å²) in [6.45, 7) is 5.26. The van der Waals surface area contributed by atoms with Crippen LogP contribution in [0.25, 0.3) is 32.2 Å². The molecule has 16 heteroatoms. The molecule has 2 aromatic heterocycles. The van der Waals surface area contributed by atoms with E-state index in [-0.39, 0.29) is 89.8 Å². The summed E-state index contributed by atoms with van der Waals surface area (Å²) in [7, 11) is 0. The fourth-order valence-corrected chi connectivity index (χ4v) is 7.86. The number of amides is 1. The number of aromatic nitrogens is 3. The van der Waals surface area contributed by atoms with Crippen molar-refractivity contribution in [3.63, 3.8) is 0 Å². The standard InChI is InChI=1S/C31H29F6N7O2S/c1-2-21(45)42-8-10-43(11-9-42)27-18-12-19(31(35,36)37)22(17-4-5-20(33)26-25(17)39-28(38)47-26)23(34)24(18)40-29(41-27)46-15-30-6-3-7-44(30)14-16(32)13-30/h2,4-5,12,16H,1,3,6-11,13-15H2,(H2,38,39)/t16-,30-/m1/s1. The number of nitrogen functional groups attached to an aromatic ring is 1. The van der Waals surface area contributed by atoms with Crippen LogP contribution in [0, 0.1) is 11.6 Å². The number of carbonyl (C=O) groups is 1. The number of benzene rings is 2. The van der Waals surface area contributed by atoms with E-state index in [9.17, 15) is 26.7 Å². The number of halogens is 6. The summed E-state index contributed by atoms with van der Waals surface area (Å²) < 4.78 is 96.0. The fraction of sp³-hybridized carbons (Fsp3) is 0.419. The smallest absolute Gasteiger partial charge is 0.417 e. The van der Waals surface area contributed by atoms with Gasteiger partial charge in [0.25, 0.3) is 0 Å². The summed E-state index contributed by atoms with van der Waals surface area (Å²) in [5.41, 5.74) is 2.01. The number of rotatable bonds is 6. The molecule has 4 aromatic rings. The molecule has 2 aromatic carbocycles. The first-order valence-electron chi connectivity index (χ1n) is 15.0. The highest BCUT2D eigenvalue weighted by molar-refractivity contribution is 7.22. The molecule has 3 aliphatic heterocycles. The molecular weight excluding hydrogens is 648 g/mol. The molecule has 9 nitrogen and oxygen atoms in total. The Kier molecular flexibility index (Phi) is 7.69. The number of alkyl halides is 4. The van der Waals surface area contributed by atoms with Crippen molar-refractivity contribution < 1.29 is 35.9 Å². The van der Waals surface area contributed by atoms with E-state index in [0.29, 0.717) is 13.0 Å². The predicted molar refractivity (Wildman–Crippen MR) is 165 cm³/mol. The first-order valence-corrected chi connectivity index (χ1v) is 15.8. The van der Waals surface area contributed by atoms with Gasteiger partial charge >= 0.3 is 12.2 Å². The third kappa shape index (κ3) is 5.40. The molecule has 47 heavy (non-hydrogen) atoms. The van der Waals surface area contributed by atoms with Crippen LogP contribution in [0.15, 0.2) is 30.9 Å². The quantitative estimate of drug-likeness (QED) is 0.209. The lowest BCUT2D eigenvalue weighted by molar-refractivity contribution is -0.137. The highest BCUT2D eigenvalue weighted by Crippen LogP contribution is 2.46. The van der Waals surface area contributed by atoms with Gasteiger partial charge in [-0.3, -0.25) is 9.69 Å². The van der Waals surface area contributed by atoms with Gasteiger partial charge in [-0.25, -0.2) is 18.2 Å². The Balaban J connectivity index is 1.40. The molecule has 2 N–H and O–H groups in total. The number of hydrogen-bond donors (Lipinski definition) is 1. The van der Waals surface area contributed by atoms with Crippen LogP contribution in [0.1, 0.15) is 24.8 Å². The number of hydrogen-bond acceptors (Lipinski definition) is 9. The highest BCUT2D eigenvalue weighted by Gasteiger charge is 2.49. The second kappa shape index (κ2) is 11.5. The number of fused-ring (bicyclic) bond motifs is 3. The molecule has 7 rings (SSSR count). The van der Waals surface area contributed by atoms with Crippen molar-refractivity contribution in [2.45, 2.75) is 37.1 Å². The summed E-state index contributed by atoms with van der Waals surface area (Å²) in [6, 6.07) is 2.47. The number of piperazine rings is 1. The Labute approximate surface area is 268 Å². The van der Waals surface area contributed by atoms with E-state index in [1.54, 1.807) is 4.90 Å². The third-order valence-electron chi connectivity index (χ3n) is 9.27. The molecule has 0 aliphatic carbocycles. The molecule has 5 heterocycles. The number of nitrogens with two attached hydrogens (primary N) is 1. The van der Waals surface area contributed by atoms with Crippen LogP contribution in [0.5, 0.6) is 6.01 Å². The molecule has 0 bridgehead atoms. The largest absolute Gasteiger partial charge is 0.461 e. The first kappa shape index (κ1) is 31.4. The summed E-state index contributed by atoms with van der Waals surface area (Å²) in [6.07, 6.45) is -3.14. The van der Waals surface area contributed by atoms with E-state index in [4.69, 9.17) is 10.5 Å². The number of thiazole rings is 1. The number of carbonyl (C=O) groups excluding carboxylic acids is 1. The van der Waals surface area contributed by atoms with Gasteiger partial charge in [-0.2, -0.15) is 23.1 Å². The average molecular weight is 678 g/mol. The van der Waals surface area contributed by atoms with Crippen molar-refractivity contribution in [2.75, 3.05) is 56.5 Å². The van der Waals surface area contributed by atoms with E-state index in [1.165, 1.54) is 11.0 Å². The predicted octanol–water partition coefficient (Wildman–Crippen LogP) is 5.58. The van der Waals surface area contributed by atoms with Gasteiger partial charge in [0.1, 0.15) is 29.9 Å². The maximum absolute atomic E-state index is 16.8. The number of anilines is 2. The Morgan fingerprint density at radius 2 is 1.89 bits per heavy atom. The molecule has 0 radical (unpaired) electrons. The molecular formula is C31H29F6N7O2S. The molecule has 0 spiro atoms. The summed E-state index contributed by atoms with van der Waals surface area (Å²) in [4.78, 5) is 30.2. The average Bonchev–Trinajstić information content (AvgIpc) is 3.71. The van der Waals surface area contributed by atoms with Gasteiger partial charge in [0.15, 0.2) is 10.9 Å². The SMILES string of the molecule is C=CC(=O)N1CCN(c2nc(OC[C@]34CCCN3C[C@H](F)C4)nc3c(F)c(-c4ccc(F)c5sc(N)nc45)c(C(F)(F)F)cc23)CC1. The number of ether oxygens (including phenoxy) is 1. The molecule has 0 saturated carbocycles. The van der Waals surface area contributed by atoms with E-state index in [0.717, 1.165) is 36.0 Å². The topological polar surface area (TPSA) is 101 Å². The van der Waals surface area contributed by atoms with E-state index >= 15 is 4.39 Å². The normalized spacial score (nSPS) is 22.0. The van der Waals surface area contributed by atoms with Crippen LogP contribution in [0.2, 0.25) is 0 Å². The van der Waals surface area contributed by atoms with Crippen LogP contribution >= 0.6 is 11.3 Å². The van der Waals surface area contributed by atoms with Crippen molar-refractivity contribution >= 4 is 49.3 Å². The highest BCUT2D eigenvalue weighted by atomic mass is 32.1. The fourth-order valence-electron chi connectivity index (χ4n) is 7.09. The van der Waals surface area contributed by atoms with Gasteiger partial charge in [0.05, 0.1) is 21.3 Å². The summed E-state index contributed by atoms with van der Waals surface area (Å²) in [5.74, 6) is -2.39. The zero-order valence-corrected chi connectivity index (χ0v) is 25.7. The van der Waals surface area contributed by atoms with Crippen molar-refractivity contribution in [1.82, 2.24) is 24.8 Å². The van der Waals surface area contributed by atoms with Gasteiger partial charge in [0.2, 0.25) is 5.91 Å². The van der Waals surface area contributed by atoms with Crippen molar-refractivity contribution in [2.24, 2.45) is 0 Å². The van der Waals surface area contributed by atoms with Crippen molar-refractivity contribution in [3.05, 3.63) is 48.1 Å². The van der Waals surface area contributed by atoms with Crippen LogP contribution < -0.4 is 15.4 Å². The van der Waals surface area contributed by atoms with Crippen molar-refractivity contribution in [3.8, 4) is 17.1 Å². The lowest BCUT2D eigenvalue weighted by Crippen LogP contribution is -2.48. The second-order valence-electron chi connectivity index (χ2n) is 12.0. The van der Waals surface area contributed by atoms with Gasteiger partial charge < -0.3 is 20.3 Å². The first-order chi connectivity index (χ1) is 22.4. The molecule has 3 fully saturated rings. The van der Waals surface area contributed by atoms with Crippen LogP contribution in [-0.2, 0) is 11.0 Å². The Morgan fingerprint density at radius 3 is 2.62 bits per heavy atom. The second-order valence-corrected chi connectivity index (χ2v) is 13.1. The van der Waals surface area contributed by atoms with Gasteiger partial charge in [0, 0.05) is 55.7 Å². The molecule has 1 amide bonds. The Bertz CT molecular complexity index is 1910. The minimum Gasteiger partial charge on any atom is -0.461 e. The molecule has 248 valence electrons. The maximum atomic E-state index is 16.8. The minimum absolute atomic E-state index is 0.00573. The molecule has 3 aliphatic rings. The van der Waals surface area contributed by atoms with E-state index in [2.05, 4.69) is 21.5 Å². The summed E-state index contributed by atoms with van der Waals surface area (Å²) in [5, 5.41) is -0.325. The summed E-state index contributed by atoms with van der Waals surface area (Å²) >= 11 is 0.734. The Morgan fingerprint density at radius 1 is 1.13 bits per heavy atom. The zero-order chi connectivity index (χ0) is 33.2. The van der Waals surface area contributed by atoms with Crippen LogP contribution in [0.3, 0.4) is 0 Å². The minimum atomic E-state index is -5.05. The lowest BCUT2D eigenvalue weighted by Gasteiger charge is -2.35. The third-order valence-corrected chi connectivity index (χ3v) is 10.2. The van der Waals surface area contributed by atoms with Gasteiger partial charge in [-0.05, 0) is 43.7 Å². The van der Waals surface area contributed by atoms with E-state index < -0.39 is 46.2 Å².